The molecule has 0 amide bonds. The van der Waals surface area contributed by atoms with Crippen LogP contribution in [0, 0.1) is 13.8 Å². The minimum Gasteiger partial charge on any atom is -0.479 e. The van der Waals surface area contributed by atoms with Gasteiger partial charge in [0.2, 0.25) is 11.8 Å². The van der Waals surface area contributed by atoms with Crippen LogP contribution in [-0.2, 0) is 25.4 Å². The number of pyridine rings is 1. The second-order valence-electron chi connectivity index (χ2n) is 7.15. The summed E-state index contributed by atoms with van der Waals surface area (Å²) in [5.74, 6) is 1.85. The maximum atomic E-state index is 6.27. The lowest BCUT2D eigenvalue weighted by atomic mass is 9.77. The third-order valence-corrected chi connectivity index (χ3v) is 5.46. The molecule has 0 bridgehead atoms. The van der Waals surface area contributed by atoms with E-state index in [1.807, 2.05) is 14.0 Å². The molecule has 0 spiro atoms. The van der Waals surface area contributed by atoms with Gasteiger partial charge in [-0.05, 0) is 50.7 Å². The Morgan fingerprint density at radius 3 is 2.65 bits per heavy atom. The van der Waals surface area contributed by atoms with Crippen LogP contribution in [0.2, 0.25) is 0 Å². The van der Waals surface area contributed by atoms with Crippen molar-refractivity contribution in [1.29, 1.82) is 0 Å². The van der Waals surface area contributed by atoms with Crippen molar-refractivity contribution < 1.29 is 9.26 Å². The Morgan fingerprint density at radius 2 is 2.00 bits per heavy atom. The van der Waals surface area contributed by atoms with Gasteiger partial charge in [-0.15, -0.1) is 5.10 Å². The first-order valence-corrected chi connectivity index (χ1v) is 8.91. The zero-order valence-corrected chi connectivity index (χ0v) is 15.7. The lowest BCUT2D eigenvalue weighted by molar-refractivity contribution is 0.229. The van der Waals surface area contributed by atoms with Crippen LogP contribution in [0.15, 0.2) is 4.52 Å². The number of rotatable bonds is 5. The maximum Gasteiger partial charge on any atom is 0.242 e. The molecule has 0 saturated heterocycles. The Hall–Kier alpha value is -2.48. The van der Waals surface area contributed by atoms with Gasteiger partial charge in [-0.3, -0.25) is 0 Å². The molecule has 26 heavy (non-hydrogen) atoms. The molecule has 2 N–H and O–H groups in total. The van der Waals surface area contributed by atoms with Crippen LogP contribution < -0.4 is 10.5 Å². The highest BCUT2D eigenvalue weighted by atomic mass is 16.5. The molecule has 1 saturated carbocycles. The topological polar surface area (TPSA) is 105 Å². The largest absolute Gasteiger partial charge is 0.479 e. The summed E-state index contributed by atoms with van der Waals surface area (Å²) in [5.41, 5.74) is 9.98. The van der Waals surface area contributed by atoms with Gasteiger partial charge in [0.1, 0.15) is 0 Å². The van der Waals surface area contributed by atoms with E-state index >= 15 is 0 Å². The molecule has 0 aromatic carbocycles. The minimum absolute atomic E-state index is 0.392. The third kappa shape index (κ3) is 2.56. The summed E-state index contributed by atoms with van der Waals surface area (Å²) in [5, 5.41) is 9.44. The van der Waals surface area contributed by atoms with E-state index in [0.717, 1.165) is 53.5 Å². The van der Waals surface area contributed by atoms with Crippen LogP contribution in [0.3, 0.4) is 0 Å². The van der Waals surface area contributed by atoms with E-state index in [2.05, 4.69) is 22.2 Å². The smallest absolute Gasteiger partial charge is 0.242 e. The van der Waals surface area contributed by atoms with E-state index in [-0.39, 0.29) is 0 Å². The van der Waals surface area contributed by atoms with E-state index in [4.69, 9.17) is 20.0 Å². The highest BCUT2D eigenvalue weighted by molar-refractivity contribution is 5.86. The highest BCUT2D eigenvalue weighted by Gasteiger charge is 2.38. The molecule has 8 nitrogen and oxygen atoms in total. The summed E-state index contributed by atoms with van der Waals surface area (Å²) >= 11 is 0. The second-order valence-corrected chi connectivity index (χ2v) is 7.15. The first-order valence-electron chi connectivity index (χ1n) is 8.91. The molecule has 0 radical (unpaired) electrons. The lowest BCUT2D eigenvalue weighted by Gasteiger charge is -2.34. The number of fused-ring (bicyclic) bond motifs is 1. The Kier molecular flexibility index (Phi) is 3.95. The van der Waals surface area contributed by atoms with Crippen molar-refractivity contribution in [2.24, 2.45) is 12.8 Å². The maximum absolute atomic E-state index is 6.27. The highest BCUT2D eigenvalue weighted by Crippen LogP contribution is 2.37. The fourth-order valence-corrected chi connectivity index (χ4v) is 3.68. The number of nitrogens with two attached hydrogens (primary N) is 1. The molecule has 4 rings (SSSR count). The average Bonchev–Trinajstić information content (AvgIpc) is 3.18. The summed E-state index contributed by atoms with van der Waals surface area (Å²) in [4.78, 5) is 9.23. The second kappa shape index (κ2) is 6.05. The first kappa shape index (κ1) is 17.0. The van der Waals surface area contributed by atoms with Gasteiger partial charge in [0.05, 0.1) is 18.0 Å². The first-order chi connectivity index (χ1) is 12.4. The van der Waals surface area contributed by atoms with Gasteiger partial charge in [-0.1, -0.05) is 5.16 Å². The van der Waals surface area contributed by atoms with Gasteiger partial charge in [-0.25, -0.2) is 9.67 Å². The molecule has 1 aliphatic rings. The average molecular weight is 356 g/mol. The monoisotopic (exact) mass is 356 g/mol. The molecule has 8 heteroatoms. The number of ether oxygens (including phenoxy) is 1. The van der Waals surface area contributed by atoms with E-state index in [0.29, 0.717) is 24.0 Å². The summed E-state index contributed by atoms with van der Waals surface area (Å²) in [6.45, 7) is 4.10. The van der Waals surface area contributed by atoms with Crippen molar-refractivity contribution in [2.75, 3.05) is 7.11 Å². The quantitative estimate of drug-likeness (QED) is 0.746. The number of hydrogen-bond acceptors (Lipinski definition) is 7. The zero-order valence-electron chi connectivity index (χ0n) is 15.7. The standard InChI is InChI=1S/C18H24N6O2/c1-10-12(11(2)20-15-14(10)16(25-4)22-24(15)3)6-7-13-21-17(23-26-13)18(19)8-5-9-18/h5-9,19H2,1-4H3. The Bertz CT molecular complexity index is 970. The Balaban J connectivity index is 1.61. The fourth-order valence-electron chi connectivity index (χ4n) is 3.68. The van der Waals surface area contributed by atoms with Gasteiger partial charge in [0, 0.05) is 19.2 Å². The zero-order chi connectivity index (χ0) is 18.5. The predicted molar refractivity (Wildman–Crippen MR) is 96.0 cm³/mol. The van der Waals surface area contributed by atoms with Crippen LogP contribution in [0.4, 0.5) is 0 Å². The van der Waals surface area contributed by atoms with Crippen molar-refractivity contribution in [3.8, 4) is 5.88 Å². The van der Waals surface area contributed by atoms with Gasteiger partial charge in [-0.2, -0.15) is 4.98 Å². The van der Waals surface area contributed by atoms with Gasteiger partial charge < -0.3 is 15.0 Å². The number of methoxy groups -OCH3 is 1. The van der Waals surface area contributed by atoms with Crippen molar-refractivity contribution in [3.05, 3.63) is 28.5 Å². The number of nitrogens with zero attached hydrogens (tertiary/aromatic N) is 5. The molecule has 1 aliphatic carbocycles. The van der Waals surface area contributed by atoms with E-state index in [9.17, 15) is 0 Å². The van der Waals surface area contributed by atoms with Gasteiger partial charge in [0.25, 0.3) is 0 Å². The third-order valence-electron chi connectivity index (χ3n) is 5.46. The van der Waals surface area contributed by atoms with Crippen molar-refractivity contribution in [3.63, 3.8) is 0 Å². The molecule has 138 valence electrons. The molecular weight excluding hydrogens is 332 g/mol. The van der Waals surface area contributed by atoms with Gasteiger partial charge >= 0.3 is 0 Å². The molecule has 3 aromatic rings. The predicted octanol–water partition coefficient (Wildman–Crippen LogP) is 2.10. The van der Waals surface area contributed by atoms with Crippen molar-refractivity contribution in [1.82, 2.24) is 24.9 Å². The van der Waals surface area contributed by atoms with Crippen LogP contribution in [0.25, 0.3) is 11.0 Å². The Morgan fingerprint density at radius 1 is 1.23 bits per heavy atom. The number of aryl methyl sites for hydroxylation is 4. The van der Waals surface area contributed by atoms with E-state index in [1.54, 1.807) is 11.8 Å². The summed E-state index contributed by atoms with van der Waals surface area (Å²) in [6.07, 6.45) is 4.38. The van der Waals surface area contributed by atoms with Gasteiger partial charge in [0.15, 0.2) is 11.5 Å². The van der Waals surface area contributed by atoms with Crippen molar-refractivity contribution in [2.45, 2.75) is 51.5 Å². The normalized spacial score (nSPS) is 16.0. The molecule has 0 atom stereocenters. The van der Waals surface area contributed by atoms with Crippen LogP contribution in [0.1, 0.15) is 47.8 Å². The fraction of sp³-hybridized carbons (Fsp3) is 0.556. The number of hydrogen-bond donors (Lipinski definition) is 1. The van der Waals surface area contributed by atoms with Crippen LogP contribution in [0.5, 0.6) is 5.88 Å². The molecule has 3 aromatic heterocycles. The van der Waals surface area contributed by atoms with Crippen LogP contribution in [-0.4, -0.2) is 32.0 Å². The summed E-state index contributed by atoms with van der Waals surface area (Å²) in [6, 6.07) is 0. The molecule has 0 unspecified atom stereocenters. The molecular formula is C18H24N6O2. The molecule has 3 heterocycles. The van der Waals surface area contributed by atoms with Crippen molar-refractivity contribution >= 4 is 11.0 Å². The molecule has 1 fully saturated rings. The summed E-state index contributed by atoms with van der Waals surface area (Å²) < 4.78 is 12.6. The lowest BCUT2D eigenvalue weighted by Crippen LogP contribution is -2.44. The summed E-state index contributed by atoms with van der Waals surface area (Å²) in [7, 11) is 3.50. The van der Waals surface area contributed by atoms with E-state index in [1.165, 1.54) is 0 Å². The Labute approximate surface area is 151 Å². The molecule has 0 aliphatic heterocycles. The minimum atomic E-state index is -0.392. The SMILES string of the molecule is COc1nn(C)c2nc(C)c(CCc3nc(C4(N)CCC4)no3)c(C)c12. The van der Waals surface area contributed by atoms with E-state index < -0.39 is 5.54 Å². The number of aromatic nitrogens is 5. The van der Waals surface area contributed by atoms with Crippen LogP contribution >= 0.6 is 0 Å².